The summed E-state index contributed by atoms with van der Waals surface area (Å²) in [5.74, 6) is 0. The zero-order chi connectivity index (χ0) is 14.3. The van der Waals surface area contributed by atoms with Crippen molar-refractivity contribution in [2.45, 2.75) is 32.2 Å². The molecular formula is C15H14Br3NS. The minimum absolute atomic E-state index is 0.400. The molecule has 0 bridgehead atoms. The molecule has 1 aliphatic rings. The minimum atomic E-state index is 0.400. The Morgan fingerprint density at radius 1 is 1.15 bits per heavy atom. The lowest BCUT2D eigenvalue weighted by Gasteiger charge is -2.26. The van der Waals surface area contributed by atoms with Crippen LogP contribution in [0.25, 0.3) is 0 Å². The summed E-state index contributed by atoms with van der Waals surface area (Å²) in [5.41, 5.74) is 3.85. The van der Waals surface area contributed by atoms with Crippen molar-refractivity contribution in [1.29, 1.82) is 0 Å². The Bertz CT molecular complexity index is 628. The molecule has 2 aromatic rings. The van der Waals surface area contributed by atoms with Gasteiger partial charge in [0.1, 0.15) is 0 Å². The van der Waals surface area contributed by atoms with Crippen molar-refractivity contribution in [2.75, 3.05) is 5.32 Å². The van der Waals surface area contributed by atoms with Gasteiger partial charge in [0, 0.05) is 13.8 Å². The van der Waals surface area contributed by atoms with Crippen LogP contribution in [0, 0.1) is 6.92 Å². The van der Waals surface area contributed by atoms with Crippen molar-refractivity contribution in [1.82, 2.24) is 0 Å². The van der Waals surface area contributed by atoms with Gasteiger partial charge in [-0.3, -0.25) is 0 Å². The van der Waals surface area contributed by atoms with Gasteiger partial charge >= 0.3 is 0 Å². The molecule has 5 heteroatoms. The predicted molar refractivity (Wildman–Crippen MR) is 97.9 cm³/mol. The highest BCUT2D eigenvalue weighted by molar-refractivity contribution is 9.11. The fourth-order valence-corrected chi connectivity index (χ4v) is 6.15. The second kappa shape index (κ2) is 6.11. The van der Waals surface area contributed by atoms with Crippen LogP contribution >= 0.6 is 59.1 Å². The first kappa shape index (κ1) is 15.1. The number of benzene rings is 1. The predicted octanol–water partition coefficient (Wildman–Crippen LogP) is 6.83. The van der Waals surface area contributed by atoms with Crippen molar-refractivity contribution in [3.63, 3.8) is 0 Å². The van der Waals surface area contributed by atoms with Crippen molar-refractivity contribution < 1.29 is 0 Å². The molecule has 1 nitrogen and oxygen atoms in total. The van der Waals surface area contributed by atoms with E-state index in [1.54, 1.807) is 0 Å². The second-order valence-electron chi connectivity index (χ2n) is 5.12. The van der Waals surface area contributed by atoms with E-state index in [0.29, 0.717) is 6.04 Å². The van der Waals surface area contributed by atoms with Crippen molar-refractivity contribution >= 4 is 64.8 Å². The van der Waals surface area contributed by atoms with Gasteiger partial charge in [0.25, 0.3) is 0 Å². The summed E-state index contributed by atoms with van der Waals surface area (Å²) < 4.78 is 3.47. The molecule has 1 aromatic heterocycles. The largest absolute Gasteiger partial charge is 0.376 e. The third kappa shape index (κ3) is 3.01. The zero-order valence-corrected chi connectivity index (χ0v) is 16.5. The van der Waals surface area contributed by atoms with Gasteiger partial charge in [-0.15, -0.1) is 11.3 Å². The van der Waals surface area contributed by atoms with E-state index in [-0.39, 0.29) is 0 Å². The molecule has 0 spiro atoms. The molecule has 0 aliphatic heterocycles. The molecule has 1 unspecified atom stereocenters. The van der Waals surface area contributed by atoms with Crippen molar-refractivity contribution in [3.05, 3.63) is 46.9 Å². The van der Waals surface area contributed by atoms with Crippen LogP contribution in [-0.2, 0) is 6.42 Å². The Labute approximate surface area is 148 Å². The van der Waals surface area contributed by atoms with Gasteiger partial charge in [-0.25, -0.2) is 0 Å². The number of nitrogens with one attached hydrogen (secondary N) is 1. The average molecular weight is 480 g/mol. The van der Waals surface area contributed by atoms with Crippen LogP contribution in [0.15, 0.2) is 30.9 Å². The molecule has 1 N–H and O–H groups in total. The topological polar surface area (TPSA) is 12.0 Å². The van der Waals surface area contributed by atoms with E-state index in [1.807, 2.05) is 11.3 Å². The standard InChI is InChI=1S/C15H14Br3NS/c1-8-5-10(16)15(11(17)6-8)19-12-3-2-4-13-9(12)7-14(18)20-13/h5-7,12,19H,2-4H2,1H3. The van der Waals surface area contributed by atoms with Crippen LogP contribution in [0.3, 0.4) is 0 Å². The third-order valence-electron chi connectivity index (χ3n) is 3.59. The monoisotopic (exact) mass is 477 g/mol. The van der Waals surface area contributed by atoms with Crippen LogP contribution in [0.1, 0.15) is 34.9 Å². The highest BCUT2D eigenvalue weighted by Crippen LogP contribution is 2.42. The van der Waals surface area contributed by atoms with E-state index in [4.69, 9.17) is 0 Å². The number of anilines is 1. The minimum Gasteiger partial charge on any atom is -0.376 e. The molecule has 0 saturated carbocycles. The lowest BCUT2D eigenvalue weighted by atomic mass is 9.94. The highest BCUT2D eigenvalue weighted by atomic mass is 79.9. The van der Waals surface area contributed by atoms with Gasteiger partial charge < -0.3 is 5.32 Å². The Morgan fingerprint density at radius 2 is 1.85 bits per heavy atom. The van der Waals surface area contributed by atoms with Gasteiger partial charge in [0.2, 0.25) is 0 Å². The molecule has 1 aromatic carbocycles. The SMILES string of the molecule is Cc1cc(Br)c(NC2CCCc3sc(Br)cc32)c(Br)c1. The molecular weight excluding hydrogens is 466 g/mol. The number of hydrogen-bond donors (Lipinski definition) is 1. The van der Waals surface area contributed by atoms with Crippen LogP contribution < -0.4 is 5.32 Å². The van der Waals surface area contributed by atoms with Gasteiger partial charge in [0.05, 0.1) is 15.5 Å². The van der Waals surface area contributed by atoms with Crippen LogP contribution in [0.2, 0.25) is 0 Å². The molecule has 0 fully saturated rings. The van der Waals surface area contributed by atoms with Crippen molar-refractivity contribution in [2.24, 2.45) is 0 Å². The first-order valence-electron chi connectivity index (χ1n) is 6.55. The molecule has 20 heavy (non-hydrogen) atoms. The number of hydrogen-bond acceptors (Lipinski definition) is 2. The average Bonchev–Trinajstić information content (AvgIpc) is 2.74. The first-order valence-corrected chi connectivity index (χ1v) is 9.74. The fourth-order valence-electron chi connectivity index (χ4n) is 2.68. The molecule has 0 amide bonds. The normalized spacial score (nSPS) is 17.9. The maximum absolute atomic E-state index is 3.71. The molecule has 0 saturated heterocycles. The second-order valence-corrected chi connectivity index (χ2v) is 9.35. The number of aryl methyl sites for hydroxylation is 2. The van der Waals surface area contributed by atoms with Crippen molar-refractivity contribution in [3.8, 4) is 0 Å². The summed E-state index contributed by atoms with van der Waals surface area (Å²) in [5, 5.41) is 3.71. The summed E-state index contributed by atoms with van der Waals surface area (Å²) >= 11 is 12.8. The molecule has 1 aliphatic carbocycles. The van der Waals surface area contributed by atoms with Crippen LogP contribution in [0.5, 0.6) is 0 Å². The first-order chi connectivity index (χ1) is 9.54. The molecule has 106 valence electrons. The maximum Gasteiger partial charge on any atom is 0.0705 e. The number of thiophene rings is 1. The quantitative estimate of drug-likeness (QED) is 0.497. The molecule has 1 atom stereocenters. The van der Waals surface area contributed by atoms with E-state index >= 15 is 0 Å². The van der Waals surface area contributed by atoms with E-state index in [0.717, 1.165) is 14.6 Å². The van der Waals surface area contributed by atoms with E-state index in [2.05, 4.69) is 78.2 Å². The lowest BCUT2D eigenvalue weighted by molar-refractivity contribution is 0.608. The number of fused-ring (bicyclic) bond motifs is 1. The fraction of sp³-hybridized carbons (Fsp3) is 0.333. The summed E-state index contributed by atoms with van der Waals surface area (Å²) in [7, 11) is 0. The van der Waals surface area contributed by atoms with E-state index < -0.39 is 0 Å². The molecule has 3 rings (SSSR count). The number of halogens is 3. The van der Waals surface area contributed by atoms with Gasteiger partial charge in [0.15, 0.2) is 0 Å². The smallest absolute Gasteiger partial charge is 0.0705 e. The van der Waals surface area contributed by atoms with Gasteiger partial charge in [-0.1, -0.05) is 0 Å². The van der Waals surface area contributed by atoms with Gasteiger partial charge in [-0.05, 0) is 103 Å². The third-order valence-corrected chi connectivity index (χ3v) is 6.55. The Morgan fingerprint density at radius 3 is 2.55 bits per heavy atom. The Balaban J connectivity index is 1.93. The van der Waals surface area contributed by atoms with E-state index in [9.17, 15) is 0 Å². The summed E-state index contributed by atoms with van der Waals surface area (Å²) in [6.07, 6.45) is 3.64. The Kier molecular flexibility index (Phi) is 4.60. The molecule has 1 heterocycles. The molecule has 0 radical (unpaired) electrons. The zero-order valence-electron chi connectivity index (χ0n) is 11.0. The van der Waals surface area contributed by atoms with Crippen LogP contribution in [0.4, 0.5) is 5.69 Å². The summed E-state index contributed by atoms with van der Waals surface area (Å²) in [4.78, 5) is 1.51. The van der Waals surface area contributed by atoms with Crippen LogP contribution in [-0.4, -0.2) is 0 Å². The summed E-state index contributed by atoms with van der Waals surface area (Å²) in [6, 6.07) is 6.98. The summed E-state index contributed by atoms with van der Waals surface area (Å²) in [6.45, 7) is 2.11. The number of rotatable bonds is 2. The maximum atomic E-state index is 3.71. The Hall–Kier alpha value is 0.160. The lowest BCUT2D eigenvalue weighted by Crippen LogP contribution is -2.16. The highest BCUT2D eigenvalue weighted by Gasteiger charge is 2.23. The van der Waals surface area contributed by atoms with Gasteiger partial charge in [-0.2, -0.15) is 0 Å². The van der Waals surface area contributed by atoms with E-state index in [1.165, 1.54) is 39.1 Å².